The maximum absolute atomic E-state index is 11.1. The van der Waals surface area contributed by atoms with Crippen LogP contribution in [-0.2, 0) is 9.53 Å². The number of carboxylic acids is 1. The van der Waals surface area contributed by atoms with E-state index in [2.05, 4.69) is 9.97 Å². The second-order valence-corrected chi connectivity index (χ2v) is 3.41. The maximum Gasteiger partial charge on any atom is 0.334 e. The summed E-state index contributed by atoms with van der Waals surface area (Å²) in [5, 5.41) is 8.82. The number of H-pyrrole nitrogens is 1. The second-order valence-electron chi connectivity index (χ2n) is 3.41. The summed E-state index contributed by atoms with van der Waals surface area (Å²) < 4.78 is 5.07. The van der Waals surface area contributed by atoms with Gasteiger partial charge in [-0.15, -0.1) is 0 Å². The van der Waals surface area contributed by atoms with E-state index in [9.17, 15) is 9.59 Å². The van der Waals surface area contributed by atoms with E-state index in [1.807, 2.05) is 0 Å². The molecule has 1 aromatic rings. The Balaban J connectivity index is 2.15. The molecule has 1 saturated heterocycles. The van der Waals surface area contributed by atoms with Crippen LogP contribution in [0.3, 0.4) is 0 Å². The van der Waals surface area contributed by atoms with Gasteiger partial charge in [0.2, 0.25) is 0 Å². The van der Waals surface area contributed by atoms with E-state index in [-0.39, 0.29) is 12.1 Å². The van der Waals surface area contributed by atoms with E-state index in [0.29, 0.717) is 19.0 Å². The Hall–Kier alpha value is -1.89. The number of nitrogens with one attached hydrogen (secondary N) is 1. The molecule has 0 amide bonds. The fourth-order valence-electron chi connectivity index (χ4n) is 1.54. The van der Waals surface area contributed by atoms with Crippen LogP contribution in [0.25, 0.3) is 0 Å². The Kier molecular flexibility index (Phi) is 2.86. The van der Waals surface area contributed by atoms with Crippen LogP contribution < -0.4 is 10.5 Å². The van der Waals surface area contributed by atoms with E-state index in [1.165, 1.54) is 12.4 Å². The molecular weight excluding hydrogens is 214 g/mol. The number of morpholine rings is 1. The van der Waals surface area contributed by atoms with Gasteiger partial charge >= 0.3 is 5.97 Å². The average Bonchev–Trinajstić information content (AvgIpc) is 2.29. The molecule has 1 unspecified atom stereocenters. The summed E-state index contributed by atoms with van der Waals surface area (Å²) in [7, 11) is 0. The van der Waals surface area contributed by atoms with E-state index in [1.54, 1.807) is 4.90 Å². The van der Waals surface area contributed by atoms with Gasteiger partial charge in [-0.05, 0) is 0 Å². The van der Waals surface area contributed by atoms with Crippen molar-refractivity contribution >= 4 is 11.8 Å². The maximum atomic E-state index is 11.1. The fraction of sp³-hybridized carbons (Fsp3) is 0.444. The predicted molar refractivity (Wildman–Crippen MR) is 54.4 cm³/mol. The van der Waals surface area contributed by atoms with Gasteiger partial charge in [-0.1, -0.05) is 0 Å². The van der Waals surface area contributed by atoms with E-state index in [0.717, 1.165) is 0 Å². The topological polar surface area (TPSA) is 95.5 Å². The highest BCUT2D eigenvalue weighted by Crippen LogP contribution is 2.12. The third kappa shape index (κ3) is 2.19. The van der Waals surface area contributed by atoms with Crippen molar-refractivity contribution in [2.75, 3.05) is 24.6 Å². The molecular formula is C9H11N3O4. The Morgan fingerprint density at radius 2 is 2.50 bits per heavy atom. The first-order valence-corrected chi connectivity index (χ1v) is 4.81. The van der Waals surface area contributed by atoms with Crippen molar-refractivity contribution in [3.05, 3.63) is 22.7 Å². The number of aliphatic carboxylic acids is 1. The van der Waals surface area contributed by atoms with Gasteiger partial charge in [0, 0.05) is 12.6 Å². The monoisotopic (exact) mass is 225 g/mol. The summed E-state index contributed by atoms with van der Waals surface area (Å²) in [5.74, 6) is -0.534. The molecule has 0 bridgehead atoms. The van der Waals surface area contributed by atoms with Crippen molar-refractivity contribution in [1.29, 1.82) is 0 Å². The third-order valence-corrected chi connectivity index (χ3v) is 2.33. The van der Waals surface area contributed by atoms with Gasteiger partial charge < -0.3 is 19.7 Å². The largest absolute Gasteiger partial charge is 0.479 e. The van der Waals surface area contributed by atoms with Crippen LogP contribution in [0.5, 0.6) is 0 Å². The lowest BCUT2D eigenvalue weighted by Crippen LogP contribution is -2.46. The van der Waals surface area contributed by atoms with Crippen LogP contribution in [0, 0.1) is 0 Å². The van der Waals surface area contributed by atoms with E-state index in [4.69, 9.17) is 9.84 Å². The molecule has 2 N–H and O–H groups in total. The van der Waals surface area contributed by atoms with Gasteiger partial charge in [-0.3, -0.25) is 4.79 Å². The summed E-state index contributed by atoms with van der Waals surface area (Å²) >= 11 is 0. The number of hydrogen-bond acceptors (Lipinski definition) is 5. The number of anilines is 1. The van der Waals surface area contributed by atoms with Crippen LogP contribution in [0.2, 0.25) is 0 Å². The minimum atomic E-state index is -1.01. The second kappa shape index (κ2) is 4.31. The summed E-state index contributed by atoms with van der Waals surface area (Å²) in [4.78, 5) is 29.9. The first-order valence-electron chi connectivity index (χ1n) is 4.81. The lowest BCUT2D eigenvalue weighted by molar-refractivity contribution is -0.150. The molecule has 16 heavy (non-hydrogen) atoms. The minimum absolute atomic E-state index is 0.200. The molecule has 0 spiro atoms. The molecule has 1 aliphatic rings. The van der Waals surface area contributed by atoms with Gasteiger partial charge in [0.25, 0.3) is 5.56 Å². The number of hydrogen-bond donors (Lipinski definition) is 2. The van der Waals surface area contributed by atoms with Crippen LogP contribution in [-0.4, -0.2) is 46.8 Å². The molecule has 2 heterocycles. The molecule has 7 nitrogen and oxygen atoms in total. The van der Waals surface area contributed by atoms with Crippen molar-refractivity contribution in [1.82, 2.24) is 9.97 Å². The predicted octanol–water partition coefficient (Wildman–Crippen LogP) is -0.940. The summed E-state index contributed by atoms with van der Waals surface area (Å²) in [6, 6.07) is 1.34. The van der Waals surface area contributed by atoms with Gasteiger partial charge in [0.1, 0.15) is 5.82 Å². The van der Waals surface area contributed by atoms with Gasteiger partial charge in [-0.2, -0.15) is 0 Å². The summed E-state index contributed by atoms with van der Waals surface area (Å²) in [5.41, 5.74) is -0.261. The first kappa shape index (κ1) is 10.6. The molecule has 7 heteroatoms. The first-order chi connectivity index (χ1) is 7.66. The molecule has 1 aromatic heterocycles. The fourth-order valence-corrected chi connectivity index (χ4v) is 1.54. The SMILES string of the molecule is O=C(O)C1CN(c2cc(=O)[nH]cn2)CCO1. The number of carbonyl (C=O) groups is 1. The Morgan fingerprint density at radius 3 is 3.19 bits per heavy atom. The Labute approximate surface area is 90.7 Å². The number of rotatable bonds is 2. The van der Waals surface area contributed by atoms with Crippen molar-refractivity contribution in [3.63, 3.8) is 0 Å². The molecule has 0 aliphatic carbocycles. The van der Waals surface area contributed by atoms with Crippen molar-refractivity contribution < 1.29 is 14.6 Å². The molecule has 0 aromatic carbocycles. The quantitative estimate of drug-likeness (QED) is 0.674. The van der Waals surface area contributed by atoms with Crippen molar-refractivity contribution in [2.45, 2.75) is 6.10 Å². The summed E-state index contributed by atoms with van der Waals surface area (Å²) in [6.45, 7) is 1.04. The number of aromatic nitrogens is 2. The third-order valence-electron chi connectivity index (χ3n) is 2.33. The zero-order chi connectivity index (χ0) is 11.5. The van der Waals surface area contributed by atoms with E-state index >= 15 is 0 Å². The number of ether oxygens (including phenoxy) is 1. The zero-order valence-corrected chi connectivity index (χ0v) is 8.42. The highest BCUT2D eigenvalue weighted by molar-refractivity contribution is 5.73. The smallest absolute Gasteiger partial charge is 0.334 e. The normalized spacial score (nSPS) is 20.8. The van der Waals surface area contributed by atoms with Gasteiger partial charge in [0.15, 0.2) is 6.10 Å². The number of aromatic amines is 1. The van der Waals surface area contributed by atoms with Gasteiger partial charge in [0.05, 0.1) is 19.5 Å². The zero-order valence-electron chi connectivity index (χ0n) is 8.42. The van der Waals surface area contributed by atoms with Gasteiger partial charge in [-0.25, -0.2) is 9.78 Å². The molecule has 1 fully saturated rings. The van der Waals surface area contributed by atoms with E-state index < -0.39 is 12.1 Å². The van der Waals surface area contributed by atoms with Crippen LogP contribution in [0.1, 0.15) is 0 Å². The summed E-state index contributed by atoms with van der Waals surface area (Å²) in [6.07, 6.45) is 0.429. The van der Waals surface area contributed by atoms with Crippen LogP contribution >= 0.6 is 0 Å². The molecule has 1 atom stereocenters. The Morgan fingerprint density at radius 1 is 1.69 bits per heavy atom. The van der Waals surface area contributed by atoms with Crippen molar-refractivity contribution in [2.24, 2.45) is 0 Å². The van der Waals surface area contributed by atoms with Crippen LogP contribution in [0.4, 0.5) is 5.82 Å². The molecule has 1 aliphatic heterocycles. The average molecular weight is 225 g/mol. The lowest BCUT2D eigenvalue weighted by atomic mass is 10.2. The van der Waals surface area contributed by atoms with Crippen LogP contribution in [0.15, 0.2) is 17.2 Å². The molecule has 2 rings (SSSR count). The number of nitrogens with zero attached hydrogens (tertiary/aromatic N) is 2. The highest BCUT2D eigenvalue weighted by atomic mass is 16.5. The van der Waals surface area contributed by atoms with Crippen molar-refractivity contribution in [3.8, 4) is 0 Å². The standard InChI is InChI=1S/C9H11N3O4/c13-8-3-7(10-5-11-8)12-1-2-16-6(4-12)9(14)15/h3,5-6H,1-2,4H2,(H,14,15)(H,10,11,13). The number of carboxylic acid groups (broad SMARTS) is 1. The minimum Gasteiger partial charge on any atom is -0.479 e. The highest BCUT2D eigenvalue weighted by Gasteiger charge is 2.26. The lowest BCUT2D eigenvalue weighted by Gasteiger charge is -2.31. The molecule has 86 valence electrons. The molecule has 0 saturated carbocycles. The molecule has 0 radical (unpaired) electrons. The Bertz CT molecular complexity index is 444.